The lowest BCUT2D eigenvalue weighted by Gasteiger charge is -2.10. The number of carbonyl (C=O) groups is 1. The van der Waals surface area contributed by atoms with Crippen molar-refractivity contribution >= 4 is 24.0 Å². The molecule has 0 fully saturated rings. The summed E-state index contributed by atoms with van der Waals surface area (Å²) in [5, 5.41) is 2.94. The number of rotatable bonds is 8. The van der Waals surface area contributed by atoms with Crippen LogP contribution in [0.5, 0.6) is 11.5 Å². The van der Waals surface area contributed by atoms with E-state index in [1.54, 1.807) is 14.2 Å². The monoisotopic (exact) mass is 364 g/mol. The van der Waals surface area contributed by atoms with Crippen LogP contribution in [-0.4, -0.2) is 26.7 Å². The predicted octanol–water partition coefficient (Wildman–Crippen LogP) is 3.00. The molecule has 25 heavy (non-hydrogen) atoms. The van der Waals surface area contributed by atoms with Gasteiger partial charge in [-0.15, -0.1) is 12.4 Å². The molecule has 0 saturated heterocycles. The van der Waals surface area contributed by atoms with Crippen molar-refractivity contribution in [2.24, 2.45) is 0 Å². The zero-order valence-electron chi connectivity index (χ0n) is 14.6. The third-order valence-electron chi connectivity index (χ3n) is 3.82. The second-order valence-corrected chi connectivity index (χ2v) is 5.52. The van der Waals surface area contributed by atoms with Crippen LogP contribution in [-0.2, 0) is 17.6 Å². The van der Waals surface area contributed by atoms with Gasteiger partial charge in [0.25, 0.3) is 0 Å². The number of nitrogen functional groups attached to an aromatic ring is 1. The highest BCUT2D eigenvalue weighted by molar-refractivity contribution is 5.85. The van der Waals surface area contributed by atoms with Crippen LogP contribution in [0.2, 0.25) is 0 Å². The van der Waals surface area contributed by atoms with Crippen molar-refractivity contribution in [3.8, 4) is 11.5 Å². The zero-order chi connectivity index (χ0) is 17.4. The smallest absolute Gasteiger partial charge is 0.220 e. The second kappa shape index (κ2) is 10.5. The quantitative estimate of drug-likeness (QED) is 0.706. The standard InChI is InChI=1S/C19H24N2O3.ClH/c1-23-17-8-9-18(24-2)15(13-17)5-10-19(22)21-12-11-14-3-6-16(20)7-4-14;/h3-4,6-9,13H,5,10-12,20H2,1-2H3,(H,21,22);1H. The van der Waals surface area contributed by atoms with E-state index in [0.717, 1.165) is 34.7 Å². The third kappa shape index (κ3) is 6.55. The van der Waals surface area contributed by atoms with Crippen LogP contribution in [0, 0.1) is 0 Å². The fourth-order valence-electron chi connectivity index (χ4n) is 2.44. The Morgan fingerprint density at radius 3 is 2.40 bits per heavy atom. The molecule has 0 radical (unpaired) electrons. The highest BCUT2D eigenvalue weighted by Gasteiger charge is 2.08. The Balaban J connectivity index is 0.00000312. The van der Waals surface area contributed by atoms with E-state index in [1.165, 1.54) is 0 Å². The van der Waals surface area contributed by atoms with Crippen LogP contribution in [0.25, 0.3) is 0 Å². The van der Waals surface area contributed by atoms with E-state index >= 15 is 0 Å². The maximum atomic E-state index is 12.0. The maximum absolute atomic E-state index is 12.0. The molecule has 0 unspecified atom stereocenters. The van der Waals surface area contributed by atoms with Crippen molar-refractivity contribution < 1.29 is 14.3 Å². The number of methoxy groups -OCH3 is 2. The Kier molecular flexibility index (Phi) is 8.64. The molecule has 0 bridgehead atoms. The van der Waals surface area contributed by atoms with Crippen LogP contribution in [0.1, 0.15) is 17.5 Å². The van der Waals surface area contributed by atoms with Crippen LogP contribution >= 0.6 is 12.4 Å². The molecule has 0 atom stereocenters. The minimum Gasteiger partial charge on any atom is -0.497 e. The van der Waals surface area contributed by atoms with Crippen LogP contribution < -0.4 is 20.5 Å². The number of hydrogen-bond acceptors (Lipinski definition) is 4. The molecule has 2 aromatic carbocycles. The lowest BCUT2D eigenvalue weighted by Crippen LogP contribution is -2.25. The zero-order valence-corrected chi connectivity index (χ0v) is 15.4. The van der Waals surface area contributed by atoms with Crippen molar-refractivity contribution in [2.45, 2.75) is 19.3 Å². The van der Waals surface area contributed by atoms with E-state index in [1.807, 2.05) is 42.5 Å². The van der Waals surface area contributed by atoms with Gasteiger partial charge in [0.1, 0.15) is 11.5 Å². The molecule has 0 heterocycles. The number of anilines is 1. The first kappa shape index (κ1) is 20.6. The molecule has 2 aromatic rings. The molecule has 136 valence electrons. The Morgan fingerprint density at radius 1 is 1.04 bits per heavy atom. The lowest BCUT2D eigenvalue weighted by molar-refractivity contribution is -0.121. The van der Waals surface area contributed by atoms with Crippen LogP contribution in [0.3, 0.4) is 0 Å². The van der Waals surface area contributed by atoms with Gasteiger partial charge in [0.15, 0.2) is 0 Å². The fraction of sp³-hybridized carbons (Fsp3) is 0.316. The molecule has 0 aliphatic rings. The average molecular weight is 365 g/mol. The molecular formula is C19H25ClN2O3. The molecule has 0 spiro atoms. The van der Waals surface area contributed by atoms with Crippen molar-refractivity contribution in [1.82, 2.24) is 5.32 Å². The van der Waals surface area contributed by atoms with E-state index < -0.39 is 0 Å². The summed E-state index contributed by atoms with van der Waals surface area (Å²) in [5.41, 5.74) is 8.51. The van der Waals surface area contributed by atoms with Crippen molar-refractivity contribution in [1.29, 1.82) is 0 Å². The molecule has 1 amide bonds. The first-order chi connectivity index (χ1) is 11.6. The molecule has 6 heteroatoms. The van der Waals surface area contributed by atoms with E-state index in [2.05, 4.69) is 5.32 Å². The first-order valence-corrected chi connectivity index (χ1v) is 7.94. The summed E-state index contributed by atoms with van der Waals surface area (Å²) in [6, 6.07) is 13.3. The molecular weight excluding hydrogens is 340 g/mol. The number of halogens is 1. The number of amides is 1. The number of nitrogens with one attached hydrogen (secondary N) is 1. The molecule has 0 aliphatic heterocycles. The second-order valence-electron chi connectivity index (χ2n) is 5.52. The fourth-order valence-corrected chi connectivity index (χ4v) is 2.44. The minimum absolute atomic E-state index is 0. The lowest BCUT2D eigenvalue weighted by atomic mass is 10.1. The van der Waals surface area contributed by atoms with Gasteiger partial charge >= 0.3 is 0 Å². The summed E-state index contributed by atoms with van der Waals surface area (Å²) in [5.74, 6) is 1.55. The molecule has 3 N–H and O–H groups in total. The average Bonchev–Trinajstić information content (AvgIpc) is 2.61. The minimum atomic E-state index is 0. The Morgan fingerprint density at radius 2 is 1.76 bits per heavy atom. The number of nitrogens with two attached hydrogens (primary N) is 1. The summed E-state index contributed by atoms with van der Waals surface area (Å²) in [4.78, 5) is 12.0. The van der Waals surface area contributed by atoms with Gasteiger partial charge in [-0.25, -0.2) is 0 Å². The Hall–Kier alpha value is -2.40. The Bertz CT molecular complexity index is 675. The summed E-state index contributed by atoms with van der Waals surface area (Å²) >= 11 is 0. The molecule has 0 saturated carbocycles. The first-order valence-electron chi connectivity index (χ1n) is 7.94. The normalized spacial score (nSPS) is 9.84. The van der Waals surface area contributed by atoms with Crippen LogP contribution in [0.4, 0.5) is 5.69 Å². The Labute approximate surface area is 154 Å². The van der Waals surface area contributed by atoms with Crippen molar-refractivity contribution in [2.75, 3.05) is 26.5 Å². The van der Waals surface area contributed by atoms with Gasteiger partial charge in [0.05, 0.1) is 14.2 Å². The molecule has 0 aromatic heterocycles. The summed E-state index contributed by atoms with van der Waals surface area (Å²) in [6.45, 7) is 0.609. The highest BCUT2D eigenvalue weighted by atomic mass is 35.5. The number of benzene rings is 2. The molecule has 2 rings (SSSR count). The van der Waals surface area contributed by atoms with Gasteiger partial charge in [-0.3, -0.25) is 4.79 Å². The van der Waals surface area contributed by atoms with Gasteiger partial charge in [0.2, 0.25) is 5.91 Å². The van der Waals surface area contributed by atoms with Crippen molar-refractivity contribution in [3.63, 3.8) is 0 Å². The molecule has 0 aliphatic carbocycles. The van der Waals surface area contributed by atoms with Crippen molar-refractivity contribution in [3.05, 3.63) is 53.6 Å². The molecule has 5 nitrogen and oxygen atoms in total. The largest absolute Gasteiger partial charge is 0.497 e. The van der Waals surface area contributed by atoms with Gasteiger partial charge < -0.3 is 20.5 Å². The highest BCUT2D eigenvalue weighted by Crippen LogP contribution is 2.25. The van der Waals surface area contributed by atoms with Gasteiger partial charge in [-0.2, -0.15) is 0 Å². The number of aryl methyl sites for hydroxylation is 1. The summed E-state index contributed by atoms with van der Waals surface area (Å²) in [6.07, 6.45) is 1.80. The number of carbonyl (C=O) groups excluding carboxylic acids is 1. The summed E-state index contributed by atoms with van der Waals surface area (Å²) in [7, 11) is 3.24. The SMILES string of the molecule is COc1ccc(OC)c(CCC(=O)NCCc2ccc(N)cc2)c1.Cl. The topological polar surface area (TPSA) is 73.6 Å². The number of ether oxygens (including phenoxy) is 2. The predicted molar refractivity (Wildman–Crippen MR) is 103 cm³/mol. The van der Waals surface area contributed by atoms with Gasteiger partial charge in [-0.1, -0.05) is 12.1 Å². The van der Waals surface area contributed by atoms with Gasteiger partial charge in [-0.05, 0) is 54.3 Å². The van der Waals surface area contributed by atoms with E-state index in [9.17, 15) is 4.79 Å². The van der Waals surface area contributed by atoms with E-state index in [4.69, 9.17) is 15.2 Å². The van der Waals surface area contributed by atoms with E-state index in [0.29, 0.717) is 19.4 Å². The summed E-state index contributed by atoms with van der Waals surface area (Å²) < 4.78 is 10.5. The van der Waals surface area contributed by atoms with Crippen LogP contribution in [0.15, 0.2) is 42.5 Å². The third-order valence-corrected chi connectivity index (χ3v) is 3.82. The van der Waals surface area contributed by atoms with Gasteiger partial charge in [0, 0.05) is 18.7 Å². The van der Waals surface area contributed by atoms with E-state index in [-0.39, 0.29) is 18.3 Å². The number of hydrogen-bond donors (Lipinski definition) is 2. The maximum Gasteiger partial charge on any atom is 0.220 e.